The van der Waals surface area contributed by atoms with E-state index in [1.54, 1.807) is 0 Å². The summed E-state index contributed by atoms with van der Waals surface area (Å²) in [5, 5.41) is 4.52. The van der Waals surface area contributed by atoms with Gasteiger partial charge in [0.15, 0.2) is 5.13 Å². The normalized spacial score (nSPS) is 18.4. The van der Waals surface area contributed by atoms with Gasteiger partial charge in [-0.2, -0.15) is 11.8 Å². The molecule has 0 radical (unpaired) electrons. The lowest BCUT2D eigenvalue weighted by Crippen LogP contribution is -2.25. The number of thiazole rings is 1. The fourth-order valence-electron chi connectivity index (χ4n) is 2.29. The van der Waals surface area contributed by atoms with E-state index in [4.69, 9.17) is 4.98 Å². The Morgan fingerprint density at radius 1 is 1.37 bits per heavy atom. The van der Waals surface area contributed by atoms with Crippen LogP contribution in [0.2, 0.25) is 0 Å². The van der Waals surface area contributed by atoms with Gasteiger partial charge in [0.2, 0.25) is 0 Å². The minimum atomic E-state index is 0.565. The van der Waals surface area contributed by atoms with Crippen molar-refractivity contribution in [3.05, 3.63) is 10.6 Å². The van der Waals surface area contributed by atoms with Gasteiger partial charge in [0, 0.05) is 30.3 Å². The van der Waals surface area contributed by atoms with Crippen LogP contribution < -0.4 is 10.2 Å². The first-order chi connectivity index (χ1) is 9.26. The lowest BCUT2D eigenvalue weighted by Gasteiger charge is -2.18. The molecule has 0 bridgehead atoms. The van der Waals surface area contributed by atoms with Crippen LogP contribution in [-0.2, 0) is 6.54 Å². The van der Waals surface area contributed by atoms with E-state index in [2.05, 4.69) is 35.8 Å². The van der Waals surface area contributed by atoms with Crippen LogP contribution in [0, 0.1) is 0 Å². The Balaban J connectivity index is 2.20. The van der Waals surface area contributed by atoms with Gasteiger partial charge in [0.25, 0.3) is 0 Å². The average Bonchev–Trinajstić information content (AvgIpc) is 2.65. The molecule has 1 aromatic rings. The third-order valence-corrected chi connectivity index (χ3v) is 5.81. The minimum Gasteiger partial charge on any atom is -0.347 e. The summed E-state index contributed by atoms with van der Waals surface area (Å²) in [6.07, 6.45) is 2.44. The van der Waals surface area contributed by atoms with E-state index < -0.39 is 0 Å². The maximum absolute atomic E-state index is 4.96. The first-order valence-corrected chi connectivity index (χ1v) is 9.20. The lowest BCUT2D eigenvalue weighted by atomic mass is 10.0. The van der Waals surface area contributed by atoms with Crippen molar-refractivity contribution in [3.8, 4) is 0 Å². The fourth-order valence-corrected chi connectivity index (χ4v) is 4.42. The number of anilines is 1. The molecular weight excluding hydrogens is 274 g/mol. The molecular formula is C14H25N3S2. The zero-order valence-electron chi connectivity index (χ0n) is 12.2. The molecule has 3 nitrogen and oxygen atoms in total. The summed E-state index contributed by atoms with van der Waals surface area (Å²) in [7, 11) is 2.02. The molecule has 1 aliphatic rings. The van der Waals surface area contributed by atoms with Crippen LogP contribution in [0.3, 0.4) is 0 Å². The average molecular weight is 300 g/mol. The number of hydrogen-bond donors (Lipinski definition) is 1. The molecule has 5 heteroatoms. The Bertz CT molecular complexity index is 384. The van der Waals surface area contributed by atoms with Crippen LogP contribution >= 0.6 is 23.1 Å². The van der Waals surface area contributed by atoms with Crippen molar-refractivity contribution < 1.29 is 0 Å². The summed E-state index contributed by atoms with van der Waals surface area (Å²) in [5.41, 5.74) is 1.31. The van der Waals surface area contributed by atoms with Gasteiger partial charge in [0.05, 0.1) is 5.69 Å². The SMILES string of the molecule is CCC(C)c1nc(N2CCCSCC2)sc1CNC. The minimum absolute atomic E-state index is 0.565. The smallest absolute Gasteiger partial charge is 0.185 e. The molecule has 0 spiro atoms. The molecule has 0 amide bonds. The molecule has 1 unspecified atom stereocenters. The predicted octanol–water partition coefficient (Wildman–Crippen LogP) is 3.32. The largest absolute Gasteiger partial charge is 0.347 e. The molecule has 1 aliphatic heterocycles. The molecule has 108 valence electrons. The van der Waals surface area contributed by atoms with Crippen molar-refractivity contribution in [3.63, 3.8) is 0 Å². The molecule has 2 rings (SSSR count). The standard InChI is InChI=1S/C14H25N3S2/c1-4-11(2)13-12(10-15-3)19-14(16-13)17-6-5-8-18-9-7-17/h11,15H,4-10H2,1-3H3. The molecule has 1 fully saturated rings. The molecule has 1 aromatic heterocycles. The van der Waals surface area contributed by atoms with Gasteiger partial charge in [-0.05, 0) is 31.6 Å². The zero-order chi connectivity index (χ0) is 13.7. The number of nitrogens with zero attached hydrogens (tertiary/aromatic N) is 2. The second-order valence-electron chi connectivity index (χ2n) is 5.10. The zero-order valence-corrected chi connectivity index (χ0v) is 13.9. The van der Waals surface area contributed by atoms with E-state index in [9.17, 15) is 0 Å². The Kier molecular flexibility index (Phi) is 5.98. The van der Waals surface area contributed by atoms with Crippen molar-refractivity contribution in [2.24, 2.45) is 0 Å². The predicted molar refractivity (Wildman–Crippen MR) is 87.7 cm³/mol. The lowest BCUT2D eigenvalue weighted by molar-refractivity contribution is 0.690. The van der Waals surface area contributed by atoms with E-state index in [0.29, 0.717) is 5.92 Å². The summed E-state index contributed by atoms with van der Waals surface area (Å²) in [4.78, 5) is 8.86. The van der Waals surface area contributed by atoms with E-state index in [0.717, 1.165) is 19.5 Å². The van der Waals surface area contributed by atoms with E-state index >= 15 is 0 Å². The molecule has 0 saturated carbocycles. The molecule has 0 aliphatic carbocycles. The molecule has 0 aromatic carbocycles. The Morgan fingerprint density at radius 3 is 2.95 bits per heavy atom. The fraction of sp³-hybridized carbons (Fsp3) is 0.786. The van der Waals surface area contributed by atoms with Crippen molar-refractivity contribution in [2.45, 2.75) is 39.2 Å². The summed E-state index contributed by atoms with van der Waals surface area (Å²) in [6.45, 7) is 7.79. The first kappa shape index (κ1) is 15.1. The van der Waals surface area contributed by atoms with Gasteiger partial charge in [0.1, 0.15) is 0 Å². The number of hydrogen-bond acceptors (Lipinski definition) is 5. The van der Waals surface area contributed by atoms with Gasteiger partial charge in [-0.1, -0.05) is 13.8 Å². The summed E-state index contributed by atoms with van der Waals surface area (Å²) in [6, 6.07) is 0. The summed E-state index contributed by atoms with van der Waals surface area (Å²) >= 11 is 3.96. The molecule has 1 atom stereocenters. The van der Waals surface area contributed by atoms with Gasteiger partial charge in [-0.25, -0.2) is 4.98 Å². The summed E-state index contributed by atoms with van der Waals surface area (Å²) in [5.74, 6) is 3.10. The molecule has 1 saturated heterocycles. The van der Waals surface area contributed by atoms with Gasteiger partial charge in [-0.3, -0.25) is 0 Å². The highest BCUT2D eigenvalue weighted by Gasteiger charge is 2.19. The number of nitrogens with one attached hydrogen (secondary N) is 1. The van der Waals surface area contributed by atoms with Crippen molar-refractivity contribution >= 4 is 28.2 Å². The highest BCUT2D eigenvalue weighted by molar-refractivity contribution is 7.99. The first-order valence-electron chi connectivity index (χ1n) is 7.23. The van der Waals surface area contributed by atoms with Crippen LogP contribution in [0.4, 0.5) is 5.13 Å². The van der Waals surface area contributed by atoms with Crippen LogP contribution in [0.25, 0.3) is 0 Å². The molecule has 1 N–H and O–H groups in total. The summed E-state index contributed by atoms with van der Waals surface area (Å²) < 4.78 is 0. The number of aromatic nitrogens is 1. The second-order valence-corrected chi connectivity index (χ2v) is 7.38. The van der Waals surface area contributed by atoms with Gasteiger partial charge in [-0.15, -0.1) is 11.3 Å². The maximum Gasteiger partial charge on any atom is 0.185 e. The number of rotatable bonds is 5. The molecule has 2 heterocycles. The van der Waals surface area contributed by atoms with Gasteiger partial charge < -0.3 is 10.2 Å². The molecule has 19 heavy (non-hydrogen) atoms. The van der Waals surface area contributed by atoms with Crippen LogP contribution in [0.5, 0.6) is 0 Å². The second kappa shape index (κ2) is 7.50. The quantitative estimate of drug-likeness (QED) is 0.903. The van der Waals surface area contributed by atoms with E-state index in [1.165, 1.54) is 40.2 Å². The van der Waals surface area contributed by atoms with E-state index in [-0.39, 0.29) is 0 Å². The highest BCUT2D eigenvalue weighted by atomic mass is 32.2. The third kappa shape index (κ3) is 3.86. The highest BCUT2D eigenvalue weighted by Crippen LogP contribution is 2.33. The van der Waals surface area contributed by atoms with E-state index in [1.807, 2.05) is 18.4 Å². The van der Waals surface area contributed by atoms with Gasteiger partial charge >= 0.3 is 0 Å². The Labute approximate surface area is 125 Å². The Hall–Kier alpha value is -0.260. The third-order valence-electron chi connectivity index (χ3n) is 3.63. The maximum atomic E-state index is 4.96. The topological polar surface area (TPSA) is 28.2 Å². The Morgan fingerprint density at radius 2 is 2.21 bits per heavy atom. The van der Waals surface area contributed by atoms with Crippen LogP contribution in [0.1, 0.15) is 43.2 Å². The van der Waals surface area contributed by atoms with Crippen molar-refractivity contribution in [1.82, 2.24) is 10.3 Å². The van der Waals surface area contributed by atoms with Crippen LogP contribution in [0.15, 0.2) is 0 Å². The van der Waals surface area contributed by atoms with Crippen molar-refractivity contribution in [2.75, 3.05) is 36.5 Å². The number of thioether (sulfide) groups is 1. The van der Waals surface area contributed by atoms with Crippen molar-refractivity contribution in [1.29, 1.82) is 0 Å². The monoisotopic (exact) mass is 299 g/mol. The van der Waals surface area contributed by atoms with Crippen LogP contribution in [-0.4, -0.2) is 36.6 Å².